The summed E-state index contributed by atoms with van der Waals surface area (Å²) in [4.78, 5) is 32.4. The summed E-state index contributed by atoms with van der Waals surface area (Å²) in [6, 6.07) is 12.4. The lowest BCUT2D eigenvalue weighted by atomic mass is 10.2. The number of nitrogens with zero attached hydrogens (tertiary/aromatic N) is 7. The minimum Gasteiger partial charge on any atom is -0.338 e. The van der Waals surface area contributed by atoms with Crippen molar-refractivity contribution in [2.24, 2.45) is 0 Å². The highest BCUT2D eigenvalue weighted by Gasteiger charge is 2.29. The maximum atomic E-state index is 12.7. The number of aryl methyl sites for hydroxylation is 1. The molecule has 190 valence electrons. The Hall–Kier alpha value is -3.68. The lowest BCUT2D eigenvalue weighted by Gasteiger charge is -2.35. The standard InChI is InChI=1S/C23H29N9O3S/c1-4-19-26-22(29-23(28-19)31-12-14-32(15-13-31)36(34,35)30(2)3)27-20-16-17(10-11-24-20)21(33)25-18-8-6-5-7-9-18/h5-11,16H,4,12-15H2,1-3H3,(H,25,33)(H,24,26,27,28,29). The Balaban J connectivity index is 1.48. The third-order valence-electron chi connectivity index (χ3n) is 5.59. The van der Waals surface area contributed by atoms with Gasteiger partial charge in [0.25, 0.3) is 16.1 Å². The van der Waals surface area contributed by atoms with Crippen LogP contribution in [0.5, 0.6) is 0 Å². The van der Waals surface area contributed by atoms with Gasteiger partial charge in [-0.1, -0.05) is 25.1 Å². The Morgan fingerprint density at radius 3 is 2.42 bits per heavy atom. The molecule has 0 radical (unpaired) electrons. The third-order valence-corrected chi connectivity index (χ3v) is 7.53. The zero-order chi connectivity index (χ0) is 25.7. The Labute approximate surface area is 210 Å². The number of aromatic nitrogens is 4. The van der Waals surface area contributed by atoms with Crippen molar-refractivity contribution in [3.05, 3.63) is 60.0 Å². The molecular weight excluding hydrogens is 482 g/mol. The molecule has 36 heavy (non-hydrogen) atoms. The van der Waals surface area contributed by atoms with Crippen LogP contribution in [0.4, 0.5) is 23.4 Å². The zero-order valence-corrected chi connectivity index (χ0v) is 21.2. The topological polar surface area (TPSA) is 137 Å². The van der Waals surface area contributed by atoms with Gasteiger partial charge in [0.2, 0.25) is 11.9 Å². The molecule has 0 spiro atoms. The molecule has 1 aromatic carbocycles. The molecule has 1 fully saturated rings. The average Bonchev–Trinajstić information content (AvgIpc) is 2.89. The van der Waals surface area contributed by atoms with Crippen molar-refractivity contribution in [2.75, 3.05) is 55.8 Å². The van der Waals surface area contributed by atoms with Crippen LogP contribution in [0, 0.1) is 0 Å². The second-order valence-corrected chi connectivity index (χ2v) is 10.4. The molecule has 3 aromatic rings. The van der Waals surface area contributed by atoms with E-state index < -0.39 is 10.2 Å². The molecule has 0 bridgehead atoms. The number of anilines is 4. The quantitative estimate of drug-likeness (QED) is 0.463. The number of hydrogen-bond donors (Lipinski definition) is 2. The van der Waals surface area contributed by atoms with E-state index in [-0.39, 0.29) is 5.91 Å². The number of piperazine rings is 1. The van der Waals surface area contributed by atoms with Gasteiger partial charge < -0.3 is 15.5 Å². The van der Waals surface area contributed by atoms with E-state index >= 15 is 0 Å². The molecule has 2 aromatic heterocycles. The van der Waals surface area contributed by atoms with E-state index in [9.17, 15) is 13.2 Å². The number of nitrogens with one attached hydrogen (secondary N) is 2. The Bertz CT molecular complexity index is 1310. The number of carbonyl (C=O) groups is 1. The van der Waals surface area contributed by atoms with E-state index in [0.29, 0.717) is 67.4 Å². The summed E-state index contributed by atoms with van der Waals surface area (Å²) in [5.41, 5.74) is 1.13. The van der Waals surface area contributed by atoms with Gasteiger partial charge in [0.15, 0.2) is 0 Å². The van der Waals surface area contributed by atoms with E-state index in [2.05, 4.69) is 30.6 Å². The molecule has 0 aliphatic carbocycles. The van der Waals surface area contributed by atoms with Crippen LogP contribution in [0.2, 0.25) is 0 Å². The summed E-state index contributed by atoms with van der Waals surface area (Å²) in [5, 5.41) is 5.92. The monoisotopic (exact) mass is 511 g/mol. The summed E-state index contributed by atoms with van der Waals surface area (Å²) in [6.07, 6.45) is 2.13. The number of amides is 1. The maximum absolute atomic E-state index is 12.7. The van der Waals surface area contributed by atoms with E-state index in [1.165, 1.54) is 28.9 Å². The van der Waals surface area contributed by atoms with Gasteiger partial charge in [-0.05, 0) is 24.3 Å². The fraction of sp³-hybridized carbons (Fsp3) is 0.348. The largest absolute Gasteiger partial charge is 0.338 e. The number of benzene rings is 1. The van der Waals surface area contributed by atoms with Gasteiger partial charge >= 0.3 is 0 Å². The molecule has 1 aliphatic heterocycles. The summed E-state index contributed by atoms with van der Waals surface area (Å²) in [6.45, 7) is 3.50. The minimum absolute atomic E-state index is 0.261. The highest BCUT2D eigenvalue weighted by Crippen LogP contribution is 2.19. The first kappa shape index (κ1) is 25.4. The molecule has 1 amide bonds. The number of hydrogen-bond acceptors (Lipinski definition) is 9. The lowest BCUT2D eigenvalue weighted by Crippen LogP contribution is -2.52. The van der Waals surface area contributed by atoms with E-state index in [0.717, 1.165) is 0 Å². The predicted octanol–water partition coefficient (Wildman–Crippen LogP) is 1.75. The molecule has 3 heterocycles. The van der Waals surface area contributed by atoms with Crippen LogP contribution in [0.1, 0.15) is 23.1 Å². The van der Waals surface area contributed by atoms with E-state index in [1.807, 2.05) is 42.2 Å². The molecule has 0 unspecified atom stereocenters. The minimum atomic E-state index is -3.46. The second kappa shape index (κ2) is 10.9. The van der Waals surface area contributed by atoms with Gasteiger partial charge in [0.05, 0.1) is 0 Å². The fourth-order valence-electron chi connectivity index (χ4n) is 3.59. The van der Waals surface area contributed by atoms with Gasteiger partial charge in [0, 0.05) is 64.1 Å². The molecule has 0 saturated carbocycles. The summed E-state index contributed by atoms with van der Waals surface area (Å²) in [7, 11) is -0.422. The summed E-state index contributed by atoms with van der Waals surface area (Å²) >= 11 is 0. The maximum Gasteiger partial charge on any atom is 0.281 e. The molecule has 13 heteroatoms. The van der Waals surface area contributed by atoms with Crippen molar-refractivity contribution < 1.29 is 13.2 Å². The summed E-state index contributed by atoms with van der Waals surface area (Å²) < 4.78 is 27.5. The molecule has 12 nitrogen and oxygen atoms in total. The van der Waals surface area contributed by atoms with Crippen LogP contribution in [0.3, 0.4) is 0 Å². The number of para-hydroxylation sites is 1. The number of rotatable bonds is 8. The zero-order valence-electron chi connectivity index (χ0n) is 20.4. The Morgan fingerprint density at radius 1 is 1.03 bits per heavy atom. The highest BCUT2D eigenvalue weighted by atomic mass is 32.2. The normalized spacial score (nSPS) is 14.6. The first-order valence-corrected chi connectivity index (χ1v) is 12.9. The SMILES string of the molecule is CCc1nc(Nc2cc(C(=O)Nc3ccccc3)ccn2)nc(N2CCN(S(=O)(=O)N(C)C)CC2)n1. The van der Waals surface area contributed by atoms with Crippen LogP contribution < -0.4 is 15.5 Å². The van der Waals surface area contributed by atoms with Gasteiger partial charge in [-0.2, -0.15) is 32.0 Å². The second-order valence-electron chi connectivity index (χ2n) is 8.28. The van der Waals surface area contributed by atoms with Crippen LogP contribution in [0.25, 0.3) is 0 Å². The van der Waals surface area contributed by atoms with Gasteiger partial charge in [0.1, 0.15) is 11.6 Å². The first-order valence-electron chi connectivity index (χ1n) is 11.5. The van der Waals surface area contributed by atoms with Crippen molar-refractivity contribution >= 4 is 39.5 Å². The molecule has 1 aliphatic rings. The molecular formula is C23H29N9O3S. The van der Waals surface area contributed by atoms with Crippen molar-refractivity contribution in [1.82, 2.24) is 28.5 Å². The third kappa shape index (κ3) is 5.93. The van der Waals surface area contributed by atoms with Gasteiger partial charge in [-0.25, -0.2) is 4.98 Å². The Morgan fingerprint density at radius 2 is 1.75 bits per heavy atom. The van der Waals surface area contributed by atoms with Crippen LogP contribution in [0.15, 0.2) is 48.7 Å². The summed E-state index contributed by atoms with van der Waals surface area (Å²) in [5.74, 6) is 1.50. The number of carbonyl (C=O) groups excluding carboxylic acids is 1. The van der Waals surface area contributed by atoms with E-state index in [4.69, 9.17) is 0 Å². The predicted molar refractivity (Wildman–Crippen MR) is 138 cm³/mol. The molecule has 4 rings (SSSR count). The van der Waals surface area contributed by atoms with Crippen molar-refractivity contribution in [2.45, 2.75) is 13.3 Å². The van der Waals surface area contributed by atoms with Crippen molar-refractivity contribution in [1.29, 1.82) is 0 Å². The first-order chi connectivity index (χ1) is 17.3. The average molecular weight is 512 g/mol. The van der Waals surface area contributed by atoms with Gasteiger partial charge in [-0.3, -0.25) is 4.79 Å². The Kier molecular flexibility index (Phi) is 7.72. The highest BCUT2D eigenvalue weighted by molar-refractivity contribution is 7.86. The molecule has 2 N–H and O–H groups in total. The molecule has 1 saturated heterocycles. The van der Waals surface area contributed by atoms with Crippen LogP contribution in [-0.2, 0) is 16.6 Å². The van der Waals surface area contributed by atoms with Crippen LogP contribution >= 0.6 is 0 Å². The fourth-order valence-corrected chi connectivity index (χ4v) is 4.68. The van der Waals surface area contributed by atoms with Crippen LogP contribution in [-0.4, -0.2) is 83.1 Å². The van der Waals surface area contributed by atoms with E-state index in [1.54, 1.807) is 12.1 Å². The smallest absolute Gasteiger partial charge is 0.281 e. The number of pyridine rings is 1. The lowest BCUT2D eigenvalue weighted by molar-refractivity contribution is 0.102. The van der Waals surface area contributed by atoms with Crippen molar-refractivity contribution in [3.63, 3.8) is 0 Å². The molecule has 0 atom stereocenters. The van der Waals surface area contributed by atoms with Gasteiger partial charge in [-0.15, -0.1) is 0 Å². The van der Waals surface area contributed by atoms with Crippen molar-refractivity contribution in [3.8, 4) is 0 Å².